The normalized spacial score (nSPS) is 13.2. The fourth-order valence-corrected chi connectivity index (χ4v) is 3.99. The molecule has 4 nitrogen and oxygen atoms in total. The Morgan fingerprint density at radius 2 is 1.28 bits per heavy atom. The number of halogens is 1. The molecule has 2 amide bonds. The van der Waals surface area contributed by atoms with Gasteiger partial charge in [-0.3, -0.25) is 9.59 Å². The second-order valence-electron chi connectivity index (χ2n) is 6.94. The lowest BCUT2D eigenvalue weighted by Gasteiger charge is -2.27. The number of nitrogens with zero attached hydrogens (tertiary/aromatic N) is 1. The molecule has 2 N–H and O–H groups in total. The highest BCUT2D eigenvalue weighted by atomic mass is 35.5. The van der Waals surface area contributed by atoms with Gasteiger partial charge in [0.25, 0.3) is 11.8 Å². The number of rotatable bonds is 2. The zero-order valence-electron chi connectivity index (χ0n) is 15.2. The molecule has 1 aliphatic rings. The predicted molar refractivity (Wildman–Crippen MR) is 116 cm³/mol. The number of nitrogen functional groups attached to an aromatic ring is 1. The van der Waals surface area contributed by atoms with Crippen molar-refractivity contribution >= 4 is 45.6 Å². The Labute approximate surface area is 172 Å². The molecule has 0 aromatic heterocycles. The summed E-state index contributed by atoms with van der Waals surface area (Å²) in [5, 5.41) is 1.85. The van der Waals surface area contributed by atoms with Crippen molar-refractivity contribution in [3.05, 3.63) is 95.0 Å². The fourth-order valence-electron chi connectivity index (χ4n) is 3.77. The maximum absolute atomic E-state index is 13.2. The highest BCUT2D eigenvalue weighted by Gasteiger charge is 2.34. The van der Waals surface area contributed by atoms with E-state index in [0.717, 1.165) is 11.1 Å². The molecule has 140 valence electrons. The molecule has 1 heterocycles. The minimum atomic E-state index is -0.351. The molecule has 0 atom stereocenters. The molecule has 5 heteroatoms. The van der Waals surface area contributed by atoms with Crippen LogP contribution >= 0.6 is 11.6 Å². The Kier molecular flexibility index (Phi) is 3.89. The smallest absolute Gasteiger partial charge is 0.265 e. The van der Waals surface area contributed by atoms with E-state index < -0.39 is 0 Å². The number of imide groups is 1. The minimum absolute atomic E-state index is 0.351. The summed E-state index contributed by atoms with van der Waals surface area (Å²) in [7, 11) is 0. The van der Waals surface area contributed by atoms with E-state index in [1.54, 1.807) is 36.4 Å². The van der Waals surface area contributed by atoms with E-state index in [1.165, 1.54) is 4.90 Å². The average Bonchev–Trinajstić information content (AvgIpc) is 2.74. The molecule has 0 bridgehead atoms. The Morgan fingerprint density at radius 3 is 1.93 bits per heavy atom. The molecular formula is C24H15ClN2O2. The first-order chi connectivity index (χ1) is 14.0. The topological polar surface area (TPSA) is 63.4 Å². The van der Waals surface area contributed by atoms with Gasteiger partial charge in [-0.2, -0.15) is 0 Å². The maximum Gasteiger partial charge on any atom is 0.265 e. The molecule has 29 heavy (non-hydrogen) atoms. The number of carbonyl (C=O) groups is 2. The molecule has 0 spiro atoms. The van der Waals surface area contributed by atoms with E-state index in [0.29, 0.717) is 38.3 Å². The van der Waals surface area contributed by atoms with Crippen molar-refractivity contribution < 1.29 is 9.59 Å². The van der Waals surface area contributed by atoms with Crippen LogP contribution in [0.2, 0.25) is 5.02 Å². The molecule has 0 aliphatic carbocycles. The van der Waals surface area contributed by atoms with Gasteiger partial charge in [0, 0.05) is 32.6 Å². The molecule has 0 saturated carbocycles. The van der Waals surface area contributed by atoms with Crippen LogP contribution in [-0.4, -0.2) is 11.8 Å². The lowest BCUT2D eigenvalue weighted by atomic mass is 9.93. The summed E-state index contributed by atoms with van der Waals surface area (Å²) in [6, 6.07) is 23.6. The SMILES string of the molecule is Nc1ccc(-c2ccc(N3C(=O)c4cccc5c(Cl)ccc(c45)C3=O)cc2)cc1. The van der Waals surface area contributed by atoms with Crippen LogP contribution in [-0.2, 0) is 0 Å². The third kappa shape index (κ3) is 2.69. The van der Waals surface area contributed by atoms with E-state index in [2.05, 4.69) is 0 Å². The van der Waals surface area contributed by atoms with Crippen molar-refractivity contribution in [3.63, 3.8) is 0 Å². The first kappa shape index (κ1) is 17.5. The maximum atomic E-state index is 13.2. The quantitative estimate of drug-likeness (QED) is 0.356. The highest BCUT2D eigenvalue weighted by Crippen LogP contribution is 2.36. The van der Waals surface area contributed by atoms with E-state index in [-0.39, 0.29) is 11.8 Å². The summed E-state index contributed by atoms with van der Waals surface area (Å²) >= 11 is 6.27. The van der Waals surface area contributed by atoms with Gasteiger partial charge in [0.2, 0.25) is 0 Å². The van der Waals surface area contributed by atoms with Crippen LogP contribution in [0.3, 0.4) is 0 Å². The Hall–Kier alpha value is -3.63. The summed E-state index contributed by atoms with van der Waals surface area (Å²) in [6.07, 6.45) is 0. The first-order valence-electron chi connectivity index (χ1n) is 9.10. The molecule has 5 rings (SSSR count). The highest BCUT2D eigenvalue weighted by molar-refractivity contribution is 6.40. The number of hydrogen-bond acceptors (Lipinski definition) is 3. The van der Waals surface area contributed by atoms with Crippen molar-refractivity contribution in [1.82, 2.24) is 0 Å². The molecule has 0 radical (unpaired) electrons. The van der Waals surface area contributed by atoms with Crippen molar-refractivity contribution in [1.29, 1.82) is 0 Å². The lowest BCUT2D eigenvalue weighted by molar-refractivity contribution is 0.0893. The van der Waals surface area contributed by atoms with Gasteiger partial charge < -0.3 is 5.73 Å². The summed E-state index contributed by atoms with van der Waals surface area (Å²) in [5.74, 6) is -0.703. The van der Waals surface area contributed by atoms with Gasteiger partial charge in [-0.15, -0.1) is 0 Å². The van der Waals surface area contributed by atoms with Gasteiger partial charge in [0.05, 0.1) is 5.69 Å². The molecule has 0 unspecified atom stereocenters. The van der Waals surface area contributed by atoms with Crippen LogP contribution < -0.4 is 10.6 Å². The lowest BCUT2D eigenvalue weighted by Crippen LogP contribution is -2.40. The van der Waals surface area contributed by atoms with E-state index in [1.807, 2.05) is 42.5 Å². The monoisotopic (exact) mass is 398 g/mol. The van der Waals surface area contributed by atoms with Gasteiger partial charge in [0.1, 0.15) is 0 Å². The van der Waals surface area contributed by atoms with Crippen LogP contribution in [0.25, 0.3) is 21.9 Å². The number of amides is 2. The summed E-state index contributed by atoms with van der Waals surface area (Å²) in [5.41, 5.74) is 9.90. The molecule has 4 aromatic carbocycles. The van der Waals surface area contributed by atoms with E-state index in [4.69, 9.17) is 17.3 Å². The van der Waals surface area contributed by atoms with E-state index in [9.17, 15) is 9.59 Å². The van der Waals surface area contributed by atoms with Gasteiger partial charge in [-0.05, 0) is 53.6 Å². The fraction of sp³-hybridized carbons (Fsp3) is 0. The van der Waals surface area contributed by atoms with Crippen molar-refractivity contribution in [2.24, 2.45) is 0 Å². The van der Waals surface area contributed by atoms with Crippen molar-refractivity contribution in [2.75, 3.05) is 10.6 Å². The number of nitrogens with two attached hydrogens (primary N) is 1. The van der Waals surface area contributed by atoms with Crippen LogP contribution in [0.5, 0.6) is 0 Å². The predicted octanol–water partition coefficient (Wildman–Crippen LogP) is 5.54. The third-order valence-electron chi connectivity index (χ3n) is 5.22. The summed E-state index contributed by atoms with van der Waals surface area (Å²) < 4.78 is 0. The average molecular weight is 399 g/mol. The van der Waals surface area contributed by atoms with Crippen molar-refractivity contribution in [2.45, 2.75) is 0 Å². The van der Waals surface area contributed by atoms with Crippen LogP contribution in [0, 0.1) is 0 Å². The van der Waals surface area contributed by atoms with Crippen LogP contribution in [0.15, 0.2) is 78.9 Å². The third-order valence-corrected chi connectivity index (χ3v) is 5.55. The van der Waals surface area contributed by atoms with Crippen LogP contribution in [0.1, 0.15) is 20.7 Å². The molecule has 4 aromatic rings. The Morgan fingerprint density at radius 1 is 0.690 bits per heavy atom. The largest absolute Gasteiger partial charge is 0.399 e. The molecule has 1 aliphatic heterocycles. The van der Waals surface area contributed by atoms with Crippen LogP contribution in [0.4, 0.5) is 11.4 Å². The van der Waals surface area contributed by atoms with Gasteiger partial charge >= 0.3 is 0 Å². The van der Waals surface area contributed by atoms with Crippen molar-refractivity contribution in [3.8, 4) is 11.1 Å². The zero-order valence-corrected chi connectivity index (χ0v) is 16.0. The standard InChI is InChI=1S/C24H15ClN2O2/c25-21-13-12-20-22-18(21)2-1-3-19(22)23(28)27(24(20)29)17-10-6-15(7-11-17)14-4-8-16(26)9-5-14/h1-13H,26H2. The second-order valence-corrected chi connectivity index (χ2v) is 7.34. The van der Waals surface area contributed by atoms with Gasteiger partial charge in [-0.1, -0.05) is 48.0 Å². The number of benzene rings is 4. The molecule has 0 saturated heterocycles. The number of carbonyl (C=O) groups excluding carboxylic acids is 2. The number of hydrogen-bond donors (Lipinski definition) is 1. The summed E-state index contributed by atoms with van der Waals surface area (Å²) in [6.45, 7) is 0. The second kappa shape index (κ2) is 6.47. The zero-order chi connectivity index (χ0) is 20.1. The summed E-state index contributed by atoms with van der Waals surface area (Å²) in [4.78, 5) is 27.6. The van der Waals surface area contributed by atoms with E-state index >= 15 is 0 Å². The Bertz CT molecular complexity index is 1270. The number of anilines is 2. The molecular weight excluding hydrogens is 384 g/mol. The molecule has 0 fully saturated rings. The minimum Gasteiger partial charge on any atom is -0.399 e. The van der Waals surface area contributed by atoms with Gasteiger partial charge in [0.15, 0.2) is 0 Å². The Balaban J connectivity index is 1.59. The van der Waals surface area contributed by atoms with Gasteiger partial charge in [-0.25, -0.2) is 4.90 Å². The first-order valence-corrected chi connectivity index (χ1v) is 9.48.